The van der Waals surface area contributed by atoms with Gasteiger partial charge in [-0.25, -0.2) is 0 Å². The Hall–Kier alpha value is -1.36. The van der Waals surface area contributed by atoms with Crippen LogP contribution >= 0.6 is 11.8 Å². The van der Waals surface area contributed by atoms with E-state index in [1.807, 2.05) is 30.0 Å². The first-order valence-electron chi connectivity index (χ1n) is 8.32. The van der Waals surface area contributed by atoms with Crippen molar-refractivity contribution < 1.29 is 19.4 Å². The molecule has 1 N–H and O–H groups in total. The van der Waals surface area contributed by atoms with Gasteiger partial charge < -0.3 is 14.6 Å². The maximum atomic E-state index is 12.0. The van der Waals surface area contributed by atoms with Crippen molar-refractivity contribution in [2.45, 2.75) is 50.0 Å². The van der Waals surface area contributed by atoms with E-state index in [1.165, 1.54) is 5.75 Å². The van der Waals surface area contributed by atoms with E-state index in [4.69, 9.17) is 9.47 Å². The standard InChI is InChI=1S/C18H24O4S/c1-21-16-14(18(17(19)20)9-2-3-10-18)7-4-8-15(16)22-13-6-5-11-23-12-13/h4,7-8,13H,2-3,5-6,9-12H2,1H3,(H,19,20). The number of benzene rings is 1. The van der Waals surface area contributed by atoms with E-state index >= 15 is 0 Å². The fourth-order valence-corrected chi connectivity index (χ4v) is 4.79. The van der Waals surface area contributed by atoms with Gasteiger partial charge in [0.2, 0.25) is 0 Å². The molecule has 126 valence electrons. The molecule has 1 aliphatic carbocycles. The number of para-hydroxylation sites is 1. The van der Waals surface area contributed by atoms with Crippen molar-refractivity contribution in [3.8, 4) is 11.5 Å². The van der Waals surface area contributed by atoms with Gasteiger partial charge in [0.25, 0.3) is 0 Å². The molecule has 0 radical (unpaired) electrons. The zero-order valence-electron chi connectivity index (χ0n) is 13.5. The lowest BCUT2D eigenvalue weighted by Gasteiger charge is -2.29. The number of carbonyl (C=O) groups is 1. The van der Waals surface area contributed by atoms with Gasteiger partial charge in [-0.15, -0.1) is 0 Å². The first-order valence-corrected chi connectivity index (χ1v) is 9.48. The van der Waals surface area contributed by atoms with Crippen LogP contribution < -0.4 is 9.47 Å². The number of methoxy groups -OCH3 is 1. The van der Waals surface area contributed by atoms with Crippen molar-refractivity contribution in [1.82, 2.24) is 0 Å². The quantitative estimate of drug-likeness (QED) is 0.885. The van der Waals surface area contributed by atoms with Gasteiger partial charge in [0.15, 0.2) is 11.5 Å². The lowest BCUT2D eigenvalue weighted by molar-refractivity contribution is -0.143. The van der Waals surface area contributed by atoms with E-state index in [0.717, 1.165) is 37.0 Å². The maximum absolute atomic E-state index is 12.0. The molecule has 0 bridgehead atoms. The lowest BCUT2D eigenvalue weighted by Crippen LogP contribution is -2.33. The molecule has 0 aromatic heterocycles. The largest absolute Gasteiger partial charge is 0.493 e. The molecule has 2 aliphatic rings. The number of aliphatic carboxylic acids is 1. The summed E-state index contributed by atoms with van der Waals surface area (Å²) in [5, 5.41) is 9.85. The molecule has 1 heterocycles. The van der Waals surface area contributed by atoms with Crippen LogP contribution in [0.25, 0.3) is 0 Å². The Labute approximate surface area is 141 Å². The summed E-state index contributed by atoms with van der Waals surface area (Å²) in [5.74, 6) is 2.72. The summed E-state index contributed by atoms with van der Waals surface area (Å²) < 4.78 is 11.8. The number of ether oxygens (including phenoxy) is 2. The van der Waals surface area contributed by atoms with Gasteiger partial charge >= 0.3 is 5.97 Å². The van der Waals surface area contributed by atoms with E-state index in [2.05, 4.69) is 0 Å². The molecule has 0 amide bonds. The SMILES string of the molecule is COc1c(OC2CCCSC2)cccc1C1(C(=O)O)CCCC1. The van der Waals surface area contributed by atoms with Crippen molar-refractivity contribution >= 4 is 17.7 Å². The van der Waals surface area contributed by atoms with Gasteiger partial charge in [-0.1, -0.05) is 25.0 Å². The minimum absolute atomic E-state index is 0.183. The number of hydrogen-bond donors (Lipinski definition) is 1. The van der Waals surface area contributed by atoms with E-state index in [0.29, 0.717) is 24.3 Å². The summed E-state index contributed by atoms with van der Waals surface area (Å²) in [4.78, 5) is 12.0. The predicted octanol–water partition coefficient (Wildman–Crippen LogP) is 3.87. The second kappa shape index (κ2) is 7.04. The second-order valence-corrected chi connectivity index (χ2v) is 7.54. The summed E-state index contributed by atoms with van der Waals surface area (Å²) in [6.45, 7) is 0. The first kappa shape index (κ1) is 16.5. The summed E-state index contributed by atoms with van der Waals surface area (Å²) in [7, 11) is 1.60. The number of thioether (sulfide) groups is 1. The zero-order chi connectivity index (χ0) is 16.3. The van der Waals surface area contributed by atoms with Crippen LogP contribution in [0.2, 0.25) is 0 Å². The fraction of sp³-hybridized carbons (Fsp3) is 0.611. The highest BCUT2D eigenvalue weighted by Gasteiger charge is 2.45. The van der Waals surface area contributed by atoms with Crippen LogP contribution in [0, 0.1) is 0 Å². The average molecular weight is 336 g/mol. The minimum Gasteiger partial charge on any atom is -0.493 e. The van der Waals surface area contributed by atoms with Gasteiger partial charge in [-0.3, -0.25) is 4.79 Å². The lowest BCUT2D eigenvalue weighted by atomic mass is 9.78. The van der Waals surface area contributed by atoms with Crippen molar-refractivity contribution in [2.75, 3.05) is 18.6 Å². The molecule has 1 aliphatic heterocycles. The Balaban J connectivity index is 1.94. The smallest absolute Gasteiger partial charge is 0.314 e. The third kappa shape index (κ3) is 3.16. The molecule has 3 rings (SSSR count). The Kier molecular flexibility index (Phi) is 5.05. The summed E-state index contributed by atoms with van der Waals surface area (Å²) in [6.07, 6.45) is 5.62. The van der Waals surface area contributed by atoms with E-state index < -0.39 is 11.4 Å². The highest BCUT2D eigenvalue weighted by molar-refractivity contribution is 7.99. The normalized spacial score (nSPS) is 23.4. The van der Waals surface area contributed by atoms with Crippen LogP contribution in [0.3, 0.4) is 0 Å². The van der Waals surface area contributed by atoms with Crippen LogP contribution in [0.15, 0.2) is 18.2 Å². The highest BCUT2D eigenvalue weighted by atomic mass is 32.2. The van der Waals surface area contributed by atoms with Crippen LogP contribution in [0.1, 0.15) is 44.1 Å². The van der Waals surface area contributed by atoms with Crippen molar-refractivity contribution in [2.24, 2.45) is 0 Å². The molecular formula is C18H24O4S. The molecule has 1 aromatic rings. The monoisotopic (exact) mass is 336 g/mol. The maximum Gasteiger partial charge on any atom is 0.314 e. The molecule has 4 nitrogen and oxygen atoms in total. The van der Waals surface area contributed by atoms with Crippen molar-refractivity contribution in [3.63, 3.8) is 0 Å². The van der Waals surface area contributed by atoms with Gasteiger partial charge in [-0.05, 0) is 37.5 Å². The Bertz CT molecular complexity index is 560. The van der Waals surface area contributed by atoms with Gasteiger partial charge in [-0.2, -0.15) is 11.8 Å². The van der Waals surface area contributed by atoms with E-state index in [-0.39, 0.29) is 6.10 Å². The van der Waals surface area contributed by atoms with E-state index in [1.54, 1.807) is 7.11 Å². The zero-order valence-corrected chi connectivity index (χ0v) is 14.4. The molecular weight excluding hydrogens is 312 g/mol. The Morgan fingerprint density at radius 1 is 1.30 bits per heavy atom. The summed E-state index contributed by atoms with van der Waals surface area (Å²) in [6, 6.07) is 5.68. The predicted molar refractivity (Wildman–Crippen MR) is 91.8 cm³/mol. The fourth-order valence-electron chi connectivity index (χ4n) is 3.76. The summed E-state index contributed by atoms with van der Waals surface area (Å²) >= 11 is 1.91. The molecule has 1 atom stereocenters. The number of rotatable bonds is 5. The van der Waals surface area contributed by atoms with Crippen LogP contribution in [-0.4, -0.2) is 35.8 Å². The average Bonchev–Trinajstić information content (AvgIpc) is 3.06. The molecule has 1 aromatic carbocycles. The highest BCUT2D eigenvalue weighted by Crippen LogP contribution is 2.48. The Morgan fingerprint density at radius 2 is 2.09 bits per heavy atom. The summed E-state index contributed by atoms with van der Waals surface area (Å²) in [5.41, 5.74) is -0.0579. The minimum atomic E-state index is -0.827. The molecule has 1 saturated carbocycles. The second-order valence-electron chi connectivity index (χ2n) is 6.39. The number of carboxylic acids is 1. The molecule has 1 saturated heterocycles. The van der Waals surface area contributed by atoms with E-state index in [9.17, 15) is 9.90 Å². The Morgan fingerprint density at radius 3 is 2.70 bits per heavy atom. The third-order valence-corrected chi connectivity index (χ3v) is 6.16. The molecule has 0 spiro atoms. The molecule has 5 heteroatoms. The third-order valence-electron chi connectivity index (χ3n) is 4.98. The van der Waals surface area contributed by atoms with Crippen LogP contribution in [0.4, 0.5) is 0 Å². The van der Waals surface area contributed by atoms with Crippen molar-refractivity contribution in [3.05, 3.63) is 23.8 Å². The number of hydrogen-bond acceptors (Lipinski definition) is 4. The molecule has 23 heavy (non-hydrogen) atoms. The van der Waals surface area contributed by atoms with Gasteiger partial charge in [0.05, 0.1) is 12.5 Å². The van der Waals surface area contributed by atoms with Crippen molar-refractivity contribution in [1.29, 1.82) is 0 Å². The van der Waals surface area contributed by atoms with Gasteiger partial charge in [0.1, 0.15) is 6.10 Å². The molecule has 2 fully saturated rings. The number of carboxylic acid groups (broad SMARTS) is 1. The van der Waals surface area contributed by atoms with Crippen LogP contribution in [0.5, 0.6) is 11.5 Å². The topological polar surface area (TPSA) is 55.8 Å². The van der Waals surface area contributed by atoms with Crippen LogP contribution in [-0.2, 0) is 10.2 Å². The molecule has 1 unspecified atom stereocenters. The first-order chi connectivity index (χ1) is 11.2. The van der Waals surface area contributed by atoms with Gasteiger partial charge in [0, 0.05) is 11.3 Å².